The van der Waals surface area contributed by atoms with Gasteiger partial charge in [-0.05, 0) is 29.7 Å². The number of rotatable bonds is 7. The van der Waals surface area contributed by atoms with Gasteiger partial charge in [0.1, 0.15) is 6.54 Å². The molecule has 2 aromatic carbocycles. The summed E-state index contributed by atoms with van der Waals surface area (Å²) in [6, 6.07) is 14.2. The van der Waals surface area contributed by atoms with Crippen LogP contribution in [-0.2, 0) is 14.8 Å². The Bertz CT molecular complexity index is 873. The topological polar surface area (TPSA) is 66.5 Å². The minimum atomic E-state index is -3.66. The molecule has 0 aliphatic rings. The van der Waals surface area contributed by atoms with Crippen LogP contribution in [0, 0.1) is 0 Å². The van der Waals surface area contributed by atoms with E-state index in [2.05, 4.69) is 5.32 Å². The van der Waals surface area contributed by atoms with Crippen molar-refractivity contribution in [1.82, 2.24) is 5.32 Å². The zero-order valence-corrected chi connectivity index (χ0v) is 16.8. The van der Waals surface area contributed by atoms with Gasteiger partial charge in [-0.25, -0.2) is 8.42 Å². The fourth-order valence-electron chi connectivity index (χ4n) is 2.39. The second kappa shape index (κ2) is 8.75. The van der Waals surface area contributed by atoms with Gasteiger partial charge in [0.2, 0.25) is 15.9 Å². The van der Waals surface area contributed by atoms with Crippen molar-refractivity contribution < 1.29 is 13.2 Å². The summed E-state index contributed by atoms with van der Waals surface area (Å²) in [5.74, 6) is -0.291. The summed E-state index contributed by atoms with van der Waals surface area (Å²) < 4.78 is 25.2. The normalized spacial score (nSPS) is 12.5. The van der Waals surface area contributed by atoms with Gasteiger partial charge in [-0.15, -0.1) is 0 Å². The number of benzene rings is 2. The van der Waals surface area contributed by atoms with Crippen LogP contribution in [0.15, 0.2) is 48.5 Å². The second-order valence-corrected chi connectivity index (χ2v) is 8.71. The molecule has 0 radical (unpaired) electrons. The van der Waals surface area contributed by atoms with E-state index in [1.54, 1.807) is 0 Å². The van der Waals surface area contributed by atoms with Crippen molar-refractivity contribution in [2.45, 2.75) is 12.8 Å². The van der Waals surface area contributed by atoms with Gasteiger partial charge in [0.25, 0.3) is 0 Å². The third-order valence-electron chi connectivity index (χ3n) is 3.85. The summed E-state index contributed by atoms with van der Waals surface area (Å²) in [7, 11) is -3.66. The monoisotopic (exact) mass is 414 g/mol. The van der Waals surface area contributed by atoms with Crippen LogP contribution in [0.2, 0.25) is 10.0 Å². The summed E-state index contributed by atoms with van der Waals surface area (Å²) in [6.07, 6.45) is 1.04. The molecule has 0 heterocycles. The van der Waals surface area contributed by atoms with Crippen LogP contribution in [0.1, 0.15) is 18.4 Å². The average molecular weight is 415 g/mol. The van der Waals surface area contributed by atoms with Crippen molar-refractivity contribution in [3.05, 3.63) is 64.1 Å². The molecule has 0 fully saturated rings. The maximum atomic E-state index is 12.3. The highest BCUT2D eigenvalue weighted by Gasteiger charge is 2.21. The molecule has 0 spiro atoms. The highest BCUT2D eigenvalue weighted by molar-refractivity contribution is 7.92. The van der Waals surface area contributed by atoms with Crippen LogP contribution in [-0.4, -0.2) is 33.7 Å². The molecule has 0 unspecified atom stereocenters. The fourth-order valence-corrected chi connectivity index (χ4v) is 3.53. The number of carbonyl (C=O) groups is 1. The van der Waals surface area contributed by atoms with Crippen LogP contribution < -0.4 is 9.62 Å². The van der Waals surface area contributed by atoms with E-state index >= 15 is 0 Å². The first kappa shape index (κ1) is 20.6. The Labute approximate surface area is 164 Å². The van der Waals surface area contributed by atoms with E-state index in [1.165, 1.54) is 18.2 Å². The lowest BCUT2D eigenvalue weighted by Crippen LogP contribution is -2.41. The van der Waals surface area contributed by atoms with Crippen molar-refractivity contribution >= 4 is 44.8 Å². The maximum absolute atomic E-state index is 12.3. The molecule has 1 N–H and O–H groups in total. The zero-order valence-electron chi connectivity index (χ0n) is 14.4. The van der Waals surface area contributed by atoms with Crippen molar-refractivity contribution in [3.8, 4) is 0 Å². The molecule has 8 heteroatoms. The average Bonchev–Trinajstić information content (AvgIpc) is 2.60. The Morgan fingerprint density at radius 1 is 1.12 bits per heavy atom. The number of nitrogens with zero attached hydrogens (tertiary/aromatic N) is 1. The van der Waals surface area contributed by atoms with E-state index in [0.717, 1.165) is 16.1 Å². The fraction of sp³-hybridized carbons (Fsp3) is 0.278. The van der Waals surface area contributed by atoms with Crippen LogP contribution in [0.3, 0.4) is 0 Å². The summed E-state index contributed by atoms with van der Waals surface area (Å²) in [6.45, 7) is 2.06. The molecular formula is C18H20Cl2N2O3S. The number of carbonyl (C=O) groups excluding carboxylic acids is 1. The van der Waals surface area contributed by atoms with E-state index < -0.39 is 15.9 Å². The van der Waals surface area contributed by atoms with E-state index in [1.807, 2.05) is 37.3 Å². The van der Waals surface area contributed by atoms with E-state index in [9.17, 15) is 13.2 Å². The largest absolute Gasteiger partial charge is 0.354 e. The molecule has 0 aliphatic heterocycles. The molecule has 0 saturated carbocycles. The van der Waals surface area contributed by atoms with Gasteiger partial charge in [0.05, 0.1) is 22.0 Å². The number of hydrogen-bond donors (Lipinski definition) is 1. The predicted octanol–water partition coefficient (Wildman–Crippen LogP) is 3.68. The lowest BCUT2D eigenvalue weighted by molar-refractivity contribution is -0.119. The Morgan fingerprint density at radius 2 is 1.77 bits per heavy atom. The molecule has 2 aromatic rings. The van der Waals surface area contributed by atoms with Gasteiger partial charge < -0.3 is 5.32 Å². The number of hydrogen-bond acceptors (Lipinski definition) is 3. The third kappa shape index (κ3) is 5.62. The summed E-state index contributed by atoms with van der Waals surface area (Å²) in [4.78, 5) is 12.3. The van der Waals surface area contributed by atoms with Gasteiger partial charge in [-0.2, -0.15) is 0 Å². The first-order valence-electron chi connectivity index (χ1n) is 7.93. The second-order valence-electron chi connectivity index (χ2n) is 5.98. The van der Waals surface area contributed by atoms with Crippen molar-refractivity contribution in [2.75, 3.05) is 23.7 Å². The number of nitrogens with one attached hydrogen (secondary N) is 1. The molecule has 1 amide bonds. The molecule has 26 heavy (non-hydrogen) atoms. The SMILES string of the molecule is C[C@H](CNC(=O)CN(c1ccc(Cl)c(Cl)c1)S(C)(=O)=O)c1ccccc1. The van der Waals surface area contributed by atoms with Gasteiger partial charge in [-0.1, -0.05) is 60.5 Å². The molecule has 0 saturated heterocycles. The van der Waals surface area contributed by atoms with Crippen LogP contribution in [0.25, 0.3) is 0 Å². The quantitative estimate of drug-likeness (QED) is 0.750. The van der Waals surface area contributed by atoms with Crippen LogP contribution in [0.4, 0.5) is 5.69 Å². The maximum Gasteiger partial charge on any atom is 0.240 e. The van der Waals surface area contributed by atoms with Crippen LogP contribution in [0.5, 0.6) is 0 Å². The smallest absolute Gasteiger partial charge is 0.240 e. The van der Waals surface area contributed by atoms with Gasteiger partial charge in [0, 0.05) is 6.54 Å². The first-order valence-corrected chi connectivity index (χ1v) is 10.5. The molecule has 0 aromatic heterocycles. The van der Waals surface area contributed by atoms with E-state index in [0.29, 0.717) is 11.6 Å². The third-order valence-corrected chi connectivity index (χ3v) is 5.73. The Hall–Kier alpha value is -1.76. The van der Waals surface area contributed by atoms with Gasteiger partial charge in [0.15, 0.2) is 0 Å². The van der Waals surface area contributed by atoms with Crippen LogP contribution >= 0.6 is 23.2 Å². The minimum Gasteiger partial charge on any atom is -0.354 e. The Kier molecular flexibility index (Phi) is 6.92. The lowest BCUT2D eigenvalue weighted by atomic mass is 10.0. The number of amides is 1. The number of sulfonamides is 1. The highest BCUT2D eigenvalue weighted by atomic mass is 35.5. The minimum absolute atomic E-state index is 0.108. The van der Waals surface area contributed by atoms with Crippen molar-refractivity contribution in [2.24, 2.45) is 0 Å². The molecule has 140 valence electrons. The highest BCUT2D eigenvalue weighted by Crippen LogP contribution is 2.28. The summed E-state index contributed by atoms with van der Waals surface area (Å²) in [5, 5.41) is 3.30. The molecule has 0 aliphatic carbocycles. The molecular weight excluding hydrogens is 395 g/mol. The van der Waals surface area contributed by atoms with Crippen molar-refractivity contribution in [3.63, 3.8) is 0 Å². The summed E-state index contributed by atoms with van der Waals surface area (Å²) >= 11 is 11.8. The van der Waals surface area contributed by atoms with Crippen molar-refractivity contribution in [1.29, 1.82) is 0 Å². The predicted molar refractivity (Wildman–Crippen MR) is 107 cm³/mol. The van der Waals surface area contributed by atoms with E-state index in [4.69, 9.17) is 23.2 Å². The first-order chi connectivity index (χ1) is 12.2. The number of anilines is 1. The molecule has 1 atom stereocenters. The molecule has 2 rings (SSSR count). The zero-order chi connectivity index (χ0) is 19.3. The Balaban J connectivity index is 2.06. The van der Waals surface area contributed by atoms with Gasteiger partial charge >= 0.3 is 0 Å². The molecule has 5 nitrogen and oxygen atoms in total. The standard InChI is InChI=1S/C18H20Cl2N2O3S/c1-13(14-6-4-3-5-7-14)11-21-18(23)12-22(26(2,24)25)15-8-9-16(19)17(20)10-15/h3-10,13H,11-12H2,1-2H3,(H,21,23)/t13-/m1/s1. The Morgan fingerprint density at radius 3 is 2.35 bits per heavy atom. The number of halogens is 2. The molecule has 0 bridgehead atoms. The van der Waals surface area contributed by atoms with E-state index in [-0.39, 0.29) is 23.2 Å². The summed E-state index contributed by atoms with van der Waals surface area (Å²) in [5.41, 5.74) is 1.38. The van der Waals surface area contributed by atoms with Gasteiger partial charge in [-0.3, -0.25) is 9.10 Å². The lowest BCUT2D eigenvalue weighted by Gasteiger charge is -2.23.